The molecule has 1 amide bonds. The van der Waals surface area contributed by atoms with Crippen molar-refractivity contribution >= 4 is 5.91 Å². The van der Waals surface area contributed by atoms with E-state index >= 15 is 0 Å². The predicted molar refractivity (Wildman–Crippen MR) is 73.9 cm³/mol. The molecule has 1 rings (SSSR count). The lowest BCUT2D eigenvalue weighted by atomic mass is 10.3. The summed E-state index contributed by atoms with van der Waals surface area (Å²) in [6.07, 6.45) is -0.277. The summed E-state index contributed by atoms with van der Waals surface area (Å²) in [5.74, 6) is 1.36. The second-order valence-electron chi connectivity index (χ2n) is 4.12. The Morgan fingerprint density at radius 3 is 2.40 bits per heavy atom. The molecule has 0 saturated heterocycles. The molecule has 1 atom stereocenters. The molecule has 20 heavy (non-hydrogen) atoms. The van der Waals surface area contributed by atoms with Crippen LogP contribution in [0.4, 0.5) is 0 Å². The maximum absolute atomic E-state index is 10.9. The average molecular weight is 283 g/mol. The second-order valence-corrected chi connectivity index (χ2v) is 4.12. The van der Waals surface area contributed by atoms with Gasteiger partial charge in [0.05, 0.1) is 7.11 Å². The van der Waals surface area contributed by atoms with Gasteiger partial charge in [-0.25, -0.2) is 0 Å². The van der Waals surface area contributed by atoms with Crippen molar-refractivity contribution in [1.29, 1.82) is 0 Å². The number of ether oxygens (including phenoxy) is 4. The van der Waals surface area contributed by atoms with E-state index in [2.05, 4.69) is 5.32 Å². The lowest BCUT2D eigenvalue weighted by Gasteiger charge is -2.18. The Labute approximate surface area is 119 Å². The number of carbonyl (C=O) groups is 1. The highest BCUT2D eigenvalue weighted by Gasteiger charge is 2.11. The zero-order valence-corrected chi connectivity index (χ0v) is 12.0. The third-order valence-corrected chi connectivity index (χ3v) is 2.50. The molecule has 0 aliphatic heterocycles. The largest absolute Gasteiger partial charge is 0.497 e. The monoisotopic (exact) mass is 283 g/mol. The lowest BCUT2D eigenvalue weighted by Crippen LogP contribution is -2.36. The highest BCUT2D eigenvalue weighted by Crippen LogP contribution is 2.17. The van der Waals surface area contributed by atoms with Crippen molar-refractivity contribution < 1.29 is 23.7 Å². The third kappa shape index (κ3) is 6.40. The van der Waals surface area contributed by atoms with E-state index in [1.54, 1.807) is 14.2 Å². The SMILES string of the molecule is COCO[C@@H](CNC(C)=O)COc1ccc(OC)cc1. The summed E-state index contributed by atoms with van der Waals surface area (Å²) in [6, 6.07) is 7.25. The Bertz CT molecular complexity index is 393. The number of nitrogens with one attached hydrogen (secondary N) is 1. The normalized spacial score (nSPS) is 11.8. The average Bonchev–Trinajstić information content (AvgIpc) is 2.46. The number of hydrogen-bond donors (Lipinski definition) is 1. The molecular formula is C14H21NO5. The van der Waals surface area contributed by atoms with Crippen LogP contribution in [0.25, 0.3) is 0 Å². The van der Waals surface area contributed by atoms with Gasteiger partial charge >= 0.3 is 0 Å². The number of benzene rings is 1. The lowest BCUT2D eigenvalue weighted by molar-refractivity contribution is -0.121. The highest BCUT2D eigenvalue weighted by atomic mass is 16.7. The minimum absolute atomic E-state index is 0.111. The van der Waals surface area contributed by atoms with Crippen LogP contribution in [0.15, 0.2) is 24.3 Å². The molecule has 0 saturated carbocycles. The first kappa shape index (κ1) is 16.3. The molecule has 0 heterocycles. The zero-order valence-electron chi connectivity index (χ0n) is 12.0. The van der Waals surface area contributed by atoms with E-state index in [1.807, 2.05) is 24.3 Å². The quantitative estimate of drug-likeness (QED) is 0.690. The summed E-state index contributed by atoms with van der Waals surface area (Å²) in [4.78, 5) is 10.9. The van der Waals surface area contributed by atoms with E-state index in [1.165, 1.54) is 6.92 Å². The van der Waals surface area contributed by atoms with Gasteiger partial charge in [0.1, 0.15) is 31.0 Å². The van der Waals surface area contributed by atoms with E-state index in [9.17, 15) is 4.79 Å². The molecule has 6 heteroatoms. The molecule has 6 nitrogen and oxygen atoms in total. The first-order chi connectivity index (χ1) is 9.65. The van der Waals surface area contributed by atoms with E-state index < -0.39 is 0 Å². The van der Waals surface area contributed by atoms with Crippen molar-refractivity contribution in [2.24, 2.45) is 0 Å². The van der Waals surface area contributed by atoms with Crippen LogP contribution < -0.4 is 14.8 Å². The van der Waals surface area contributed by atoms with Crippen molar-refractivity contribution in [3.8, 4) is 11.5 Å². The Morgan fingerprint density at radius 2 is 1.85 bits per heavy atom. The summed E-state index contributed by atoms with van der Waals surface area (Å²) in [6.45, 7) is 2.29. The number of amides is 1. The van der Waals surface area contributed by atoms with Crippen molar-refractivity contribution in [2.45, 2.75) is 13.0 Å². The second kappa shape index (κ2) is 9.17. The Balaban J connectivity index is 2.44. The summed E-state index contributed by atoms with van der Waals surface area (Å²) in [7, 11) is 3.15. The molecule has 1 aromatic carbocycles. The van der Waals surface area contributed by atoms with Gasteiger partial charge in [-0.3, -0.25) is 4.79 Å². The van der Waals surface area contributed by atoms with Crippen LogP contribution in [0, 0.1) is 0 Å². The maximum atomic E-state index is 10.9. The predicted octanol–water partition coefficient (Wildman–Crippen LogP) is 1.20. The Kier molecular flexibility index (Phi) is 7.46. The third-order valence-electron chi connectivity index (χ3n) is 2.50. The number of hydrogen-bond acceptors (Lipinski definition) is 5. The summed E-state index contributed by atoms with van der Waals surface area (Å²) in [5.41, 5.74) is 0. The van der Waals surface area contributed by atoms with Crippen LogP contribution in [-0.4, -0.2) is 46.2 Å². The molecule has 1 aromatic rings. The van der Waals surface area contributed by atoms with Gasteiger partial charge < -0.3 is 24.3 Å². The van der Waals surface area contributed by atoms with Gasteiger partial charge in [0.25, 0.3) is 0 Å². The molecule has 1 N–H and O–H groups in total. The van der Waals surface area contributed by atoms with Crippen molar-refractivity contribution in [2.75, 3.05) is 34.2 Å². The number of carbonyl (C=O) groups excluding carboxylic acids is 1. The molecule has 112 valence electrons. The van der Waals surface area contributed by atoms with Crippen LogP contribution in [0.5, 0.6) is 11.5 Å². The van der Waals surface area contributed by atoms with Crippen LogP contribution in [-0.2, 0) is 14.3 Å². The van der Waals surface area contributed by atoms with E-state index in [4.69, 9.17) is 18.9 Å². The van der Waals surface area contributed by atoms with Gasteiger partial charge in [-0.05, 0) is 24.3 Å². The highest BCUT2D eigenvalue weighted by molar-refractivity contribution is 5.72. The molecule has 0 aliphatic carbocycles. The smallest absolute Gasteiger partial charge is 0.216 e. The molecule has 0 bridgehead atoms. The van der Waals surface area contributed by atoms with Crippen LogP contribution in [0.3, 0.4) is 0 Å². The summed E-state index contributed by atoms with van der Waals surface area (Å²) < 4.78 is 21.0. The van der Waals surface area contributed by atoms with E-state index in [0.29, 0.717) is 18.9 Å². The van der Waals surface area contributed by atoms with Gasteiger partial charge in [-0.2, -0.15) is 0 Å². The topological polar surface area (TPSA) is 66.0 Å². The van der Waals surface area contributed by atoms with Crippen LogP contribution in [0.2, 0.25) is 0 Å². The fraction of sp³-hybridized carbons (Fsp3) is 0.500. The molecule has 0 unspecified atom stereocenters. The minimum atomic E-state index is -0.277. The first-order valence-electron chi connectivity index (χ1n) is 6.27. The van der Waals surface area contributed by atoms with Gasteiger partial charge in [-0.15, -0.1) is 0 Å². The molecule has 0 aromatic heterocycles. The minimum Gasteiger partial charge on any atom is -0.497 e. The van der Waals surface area contributed by atoms with Crippen molar-refractivity contribution in [3.05, 3.63) is 24.3 Å². The fourth-order valence-corrected chi connectivity index (χ4v) is 1.45. The van der Waals surface area contributed by atoms with E-state index in [0.717, 1.165) is 5.75 Å². The zero-order chi connectivity index (χ0) is 14.8. The van der Waals surface area contributed by atoms with Crippen LogP contribution >= 0.6 is 0 Å². The van der Waals surface area contributed by atoms with Crippen molar-refractivity contribution in [3.63, 3.8) is 0 Å². The fourth-order valence-electron chi connectivity index (χ4n) is 1.45. The first-order valence-corrected chi connectivity index (χ1v) is 6.27. The molecule has 0 spiro atoms. The number of rotatable bonds is 9. The van der Waals surface area contributed by atoms with Crippen molar-refractivity contribution in [1.82, 2.24) is 5.32 Å². The molecule has 0 radical (unpaired) electrons. The van der Waals surface area contributed by atoms with Crippen LogP contribution in [0.1, 0.15) is 6.92 Å². The van der Waals surface area contributed by atoms with E-state index in [-0.39, 0.29) is 18.8 Å². The molecule has 0 aliphatic rings. The maximum Gasteiger partial charge on any atom is 0.216 e. The van der Waals surface area contributed by atoms with Gasteiger partial charge in [0.15, 0.2) is 0 Å². The summed E-state index contributed by atoms with van der Waals surface area (Å²) >= 11 is 0. The standard InChI is InChI=1S/C14H21NO5/c1-11(16)15-8-14(20-10-17-2)9-19-13-6-4-12(18-3)5-7-13/h4-7,14H,8-10H2,1-3H3,(H,15,16)/t14-/m0/s1. The number of methoxy groups -OCH3 is 2. The van der Waals surface area contributed by atoms with Gasteiger partial charge in [0.2, 0.25) is 5.91 Å². The Hall–Kier alpha value is -1.79. The van der Waals surface area contributed by atoms with Gasteiger partial charge in [0, 0.05) is 20.6 Å². The summed E-state index contributed by atoms with van der Waals surface area (Å²) in [5, 5.41) is 2.69. The molecular weight excluding hydrogens is 262 g/mol. The van der Waals surface area contributed by atoms with Gasteiger partial charge in [-0.1, -0.05) is 0 Å². The Morgan fingerprint density at radius 1 is 1.20 bits per heavy atom. The molecule has 0 fully saturated rings.